The normalized spacial score (nSPS) is 17.3. The van der Waals surface area contributed by atoms with Crippen molar-refractivity contribution >= 4 is 41.5 Å². The van der Waals surface area contributed by atoms with Crippen molar-refractivity contribution in [3.63, 3.8) is 0 Å². The van der Waals surface area contributed by atoms with Crippen molar-refractivity contribution in [1.82, 2.24) is 19.7 Å². The van der Waals surface area contributed by atoms with Gasteiger partial charge < -0.3 is 19.5 Å². The van der Waals surface area contributed by atoms with Crippen LogP contribution in [-0.2, 0) is 18.3 Å². The first-order chi connectivity index (χ1) is 11.0. The van der Waals surface area contributed by atoms with Gasteiger partial charge in [-0.25, -0.2) is 0 Å². The molecule has 1 aliphatic heterocycles. The lowest BCUT2D eigenvalue weighted by Gasteiger charge is -2.33. The van der Waals surface area contributed by atoms with E-state index in [2.05, 4.69) is 27.0 Å². The Morgan fingerprint density at radius 2 is 2.12 bits per heavy atom. The van der Waals surface area contributed by atoms with Crippen LogP contribution in [0.4, 0.5) is 0 Å². The summed E-state index contributed by atoms with van der Waals surface area (Å²) in [5, 5.41) is 4.23. The van der Waals surface area contributed by atoms with E-state index < -0.39 is 0 Å². The molecule has 6 nitrogen and oxygen atoms in total. The van der Waals surface area contributed by atoms with Gasteiger partial charge in [0.15, 0.2) is 5.96 Å². The molecule has 2 rings (SSSR count). The van der Waals surface area contributed by atoms with Crippen LogP contribution in [0.2, 0.25) is 5.02 Å². The first-order valence-electron chi connectivity index (χ1n) is 8.05. The van der Waals surface area contributed by atoms with E-state index in [1.165, 1.54) is 0 Å². The molecule has 8 heteroatoms. The molecule has 2 heterocycles. The molecular formula is C16H29ClIN5O. The fraction of sp³-hybridized carbons (Fsp3) is 0.688. The molecule has 1 atom stereocenters. The van der Waals surface area contributed by atoms with Crippen molar-refractivity contribution in [3.8, 4) is 0 Å². The minimum atomic E-state index is 0. The van der Waals surface area contributed by atoms with Gasteiger partial charge in [-0.05, 0) is 13.0 Å². The molecular weight excluding hydrogens is 441 g/mol. The largest absolute Gasteiger partial charge is 0.379 e. The highest BCUT2D eigenvalue weighted by Crippen LogP contribution is 2.14. The standard InChI is InChI=1S/C16H28ClN5O.HI/c1-13(22-5-7-23-8-6-22)10-19-16(18-2)21(4)12-15-9-14(17)11-20(15)3;/h9,11,13H,5-8,10,12H2,1-4H3,(H,18,19);1H. The van der Waals surface area contributed by atoms with Gasteiger partial charge in [-0.2, -0.15) is 0 Å². The number of aryl methyl sites for hydroxylation is 1. The first-order valence-corrected chi connectivity index (χ1v) is 8.43. The molecule has 0 saturated carbocycles. The lowest BCUT2D eigenvalue weighted by Crippen LogP contribution is -2.49. The molecule has 0 spiro atoms. The number of halogens is 2. The Morgan fingerprint density at radius 3 is 2.67 bits per heavy atom. The SMILES string of the molecule is CN=C(NCC(C)N1CCOCC1)N(C)Cc1cc(Cl)cn1C.I. The number of aliphatic imine (C=N–C) groups is 1. The van der Waals surface area contributed by atoms with Crippen molar-refractivity contribution in [2.45, 2.75) is 19.5 Å². The highest BCUT2D eigenvalue weighted by Gasteiger charge is 2.18. The Balaban J connectivity index is 0.00000288. The van der Waals surface area contributed by atoms with E-state index in [4.69, 9.17) is 16.3 Å². The second-order valence-electron chi connectivity index (χ2n) is 6.04. The van der Waals surface area contributed by atoms with E-state index >= 15 is 0 Å². The fourth-order valence-corrected chi connectivity index (χ4v) is 3.08. The van der Waals surface area contributed by atoms with Crippen LogP contribution in [-0.4, -0.2) is 73.3 Å². The van der Waals surface area contributed by atoms with Crippen molar-refractivity contribution in [1.29, 1.82) is 0 Å². The van der Waals surface area contributed by atoms with Crippen LogP contribution in [0.5, 0.6) is 0 Å². The van der Waals surface area contributed by atoms with Gasteiger partial charge in [0.2, 0.25) is 0 Å². The molecule has 0 aromatic carbocycles. The number of guanidine groups is 1. The summed E-state index contributed by atoms with van der Waals surface area (Å²) in [6, 6.07) is 2.44. The molecule has 1 saturated heterocycles. The summed E-state index contributed by atoms with van der Waals surface area (Å²) in [6.45, 7) is 7.51. The van der Waals surface area contributed by atoms with E-state index in [1.54, 1.807) is 0 Å². The number of morpholine rings is 1. The molecule has 1 fully saturated rings. The lowest BCUT2D eigenvalue weighted by molar-refractivity contribution is 0.0211. The number of aromatic nitrogens is 1. The second-order valence-corrected chi connectivity index (χ2v) is 6.48. The van der Waals surface area contributed by atoms with Crippen molar-refractivity contribution in [2.24, 2.45) is 12.0 Å². The monoisotopic (exact) mass is 469 g/mol. The highest BCUT2D eigenvalue weighted by molar-refractivity contribution is 14.0. The maximum atomic E-state index is 6.05. The number of nitrogens with zero attached hydrogens (tertiary/aromatic N) is 4. The molecule has 138 valence electrons. The second kappa shape index (κ2) is 10.5. The van der Waals surface area contributed by atoms with E-state index in [0.29, 0.717) is 6.04 Å². The van der Waals surface area contributed by atoms with Gasteiger partial charge >= 0.3 is 0 Å². The molecule has 1 aromatic rings. The minimum Gasteiger partial charge on any atom is -0.379 e. The third-order valence-corrected chi connectivity index (χ3v) is 4.48. The molecule has 1 aromatic heterocycles. The molecule has 1 unspecified atom stereocenters. The third-order valence-electron chi connectivity index (χ3n) is 4.27. The molecule has 1 N–H and O–H groups in total. The Labute approximate surface area is 167 Å². The number of rotatable bonds is 5. The van der Waals surface area contributed by atoms with E-state index in [0.717, 1.165) is 56.1 Å². The van der Waals surface area contributed by atoms with Gasteiger partial charge in [-0.15, -0.1) is 24.0 Å². The fourth-order valence-electron chi connectivity index (χ4n) is 2.81. The van der Waals surface area contributed by atoms with Crippen LogP contribution in [0.3, 0.4) is 0 Å². The lowest BCUT2D eigenvalue weighted by atomic mass is 10.2. The third kappa shape index (κ3) is 6.09. The van der Waals surface area contributed by atoms with Crippen LogP contribution in [0.25, 0.3) is 0 Å². The zero-order chi connectivity index (χ0) is 16.8. The summed E-state index contributed by atoms with van der Waals surface area (Å²) in [5.74, 6) is 0.891. The van der Waals surface area contributed by atoms with E-state index in [1.807, 2.05) is 38.0 Å². The molecule has 1 aliphatic rings. The maximum absolute atomic E-state index is 6.05. The average molecular weight is 470 g/mol. The zero-order valence-electron chi connectivity index (χ0n) is 15.0. The molecule has 24 heavy (non-hydrogen) atoms. The van der Waals surface area contributed by atoms with Crippen LogP contribution in [0, 0.1) is 0 Å². The Kier molecular flexibility index (Phi) is 9.40. The van der Waals surface area contributed by atoms with E-state index in [-0.39, 0.29) is 24.0 Å². The van der Waals surface area contributed by atoms with Crippen molar-refractivity contribution in [2.75, 3.05) is 46.9 Å². The highest BCUT2D eigenvalue weighted by atomic mass is 127. The number of ether oxygens (including phenoxy) is 1. The summed E-state index contributed by atoms with van der Waals surface area (Å²) < 4.78 is 7.45. The molecule has 0 radical (unpaired) electrons. The predicted molar refractivity (Wildman–Crippen MR) is 111 cm³/mol. The molecule has 0 aliphatic carbocycles. The van der Waals surface area contributed by atoms with Gasteiger partial charge in [0, 0.05) is 58.7 Å². The average Bonchev–Trinajstić information content (AvgIpc) is 2.86. The van der Waals surface area contributed by atoms with Crippen molar-refractivity contribution < 1.29 is 4.74 Å². The van der Waals surface area contributed by atoms with Gasteiger partial charge in [0.05, 0.1) is 24.8 Å². The van der Waals surface area contributed by atoms with Gasteiger partial charge in [-0.3, -0.25) is 9.89 Å². The summed E-state index contributed by atoms with van der Waals surface area (Å²) in [6.07, 6.45) is 1.92. The zero-order valence-corrected chi connectivity index (χ0v) is 18.0. The van der Waals surface area contributed by atoms with E-state index in [9.17, 15) is 0 Å². The van der Waals surface area contributed by atoms with Gasteiger partial charge in [0.1, 0.15) is 0 Å². The number of hydrogen-bond donors (Lipinski definition) is 1. The molecule has 0 amide bonds. The Morgan fingerprint density at radius 1 is 1.46 bits per heavy atom. The maximum Gasteiger partial charge on any atom is 0.193 e. The topological polar surface area (TPSA) is 45.0 Å². The quantitative estimate of drug-likeness (QED) is 0.407. The molecule has 0 bridgehead atoms. The summed E-state index contributed by atoms with van der Waals surface area (Å²) in [4.78, 5) is 8.94. The van der Waals surface area contributed by atoms with Crippen LogP contribution < -0.4 is 5.32 Å². The Bertz CT molecular complexity index is 531. The van der Waals surface area contributed by atoms with Gasteiger partial charge in [-0.1, -0.05) is 11.6 Å². The number of hydrogen-bond acceptors (Lipinski definition) is 3. The van der Waals surface area contributed by atoms with Crippen LogP contribution >= 0.6 is 35.6 Å². The summed E-state index contributed by atoms with van der Waals surface area (Å²) >= 11 is 6.05. The smallest absolute Gasteiger partial charge is 0.193 e. The predicted octanol–water partition coefficient (Wildman–Crippen LogP) is 2.02. The summed E-state index contributed by atoms with van der Waals surface area (Å²) in [5.41, 5.74) is 1.15. The first kappa shape index (κ1) is 21.5. The minimum absolute atomic E-state index is 0. The summed E-state index contributed by atoms with van der Waals surface area (Å²) in [7, 11) is 5.86. The Hall–Kier alpha value is -0.510. The van der Waals surface area contributed by atoms with Crippen LogP contribution in [0.1, 0.15) is 12.6 Å². The van der Waals surface area contributed by atoms with Crippen LogP contribution in [0.15, 0.2) is 17.3 Å². The van der Waals surface area contributed by atoms with Crippen molar-refractivity contribution in [3.05, 3.63) is 23.0 Å². The number of nitrogens with one attached hydrogen (secondary N) is 1. The van der Waals surface area contributed by atoms with Gasteiger partial charge in [0.25, 0.3) is 0 Å².